The van der Waals surface area contributed by atoms with Gasteiger partial charge in [-0.3, -0.25) is 9.59 Å². The van der Waals surface area contributed by atoms with Crippen LogP contribution in [0.2, 0.25) is 0 Å². The van der Waals surface area contributed by atoms with E-state index in [1.54, 1.807) is 12.1 Å². The van der Waals surface area contributed by atoms with E-state index in [4.69, 9.17) is 10.5 Å². The molecule has 0 bridgehead atoms. The van der Waals surface area contributed by atoms with Gasteiger partial charge in [0.05, 0.1) is 7.11 Å². The van der Waals surface area contributed by atoms with Crippen LogP contribution in [-0.2, 0) is 16.0 Å². The molecule has 0 saturated heterocycles. The molecule has 2 N–H and O–H groups in total. The number of nitrogens with two attached hydrogens (primary N) is 1. The molecular weight excluding hydrogens is 318 g/mol. The number of anilines is 1. The van der Waals surface area contributed by atoms with Gasteiger partial charge in [-0.25, -0.2) is 0 Å². The van der Waals surface area contributed by atoms with Crippen LogP contribution in [0.5, 0.6) is 5.75 Å². The number of rotatable bonds is 9. The zero-order chi connectivity index (χ0) is 19.6. The Hall–Kier alpha value is -2.17. The van der Waals surface area contributed by atoms with E-state index in [2.05, 4.69) is 0 Å². The molecule has 0 amide bonds. The predicted octanol–water partition coefficient (Wildman–Crippen LogP) is 4.01. The highest BCUT2D eigenvalue weighted by atomic mass is 16.5. The van der Waals surface area contributed by atoms with E-state index in [0.29, 0.717) is 36.3 Å². The van der Waals surface area contributed by atoms with Gasteiger partial charge in [-0.05, 0) is 32.8 Å². The minimum atomic E-state index is -0.441. The van der Waals surface area contributed by atoms with Crippen LogP contribution in [0.25, 0.3) is 0 Å². The first-order valence-corrected chi connectivity index (χ1v) is 8.79. The van der Waals surface area contributed by atoms with Gasteiger partial charge in [-0.1, -0.05) is 20.8 Å². The third-order valence-electron chi connectivity index (χ3n) is 3.96. The summed E-state index contributed by atoms with van der Waals surface area (Å²) in [5.74, 6) is -0.0595. The molecule has 0 aromatic heterocycles. The first-order valence-electron chi connectivity index (χ1n) is 8.79. The van der Waals surface area contributed by atoms with Gasteiger partial charge in [-0.15, -0.1) is 0 Å². The quantitative estimate of drug-likeness (QED) is 0.537. The van der Waals surface area contributed by atoms with Crippen molar-refractivity contribution in [3.05, 3.63) is 23.3 Å². The molecule has 0 heterocycles. The summed E-state index contributed by atoms with van der Waals surface area (Å²) in [4.78, 5) is 35.5. The molecule has 0 radical (unpaired) electrons. The first-order chi connectivity index (χ1) is 11.8. The first kappa shape index (κ1) is 22.8. The second kappa shape index (κ2) is 11.4. The highest BCUT2D eigenvalue weighted by Gasteiger charge is 2.23. The molecule has 0 aliphatic heterocycles. The Bertz CT molecular complexity index is 608. The van der Waals surface area contributed by atoms with Crippen LogP contribution in [-0.4, -0.2) is 24.5 Å². The van der Waals surface area contributed by atoms with Gasteiger partial charge in [0.1, 0.15) is 17.3 Å². The predicted molar refractivity (Wildman–Crippen MR) is 101 cm³/mol. The van der Waals surface area contributed by atoms with Crippen molar-refractivity contribution in [2.75, 3.05) is 12.8 Å². The van der Waals surface area contributed by atoms with Crippen molar-refractivity contribution in [3.63, 3.8) is 0 Å². The number of ketones is 3. The summed E-state index contributed by atoms with van der Waals surface area (Å²) in [5, 5.41) is 0. The van der Waals surface area contributed by atoms with Crippen molar-refractivity contribution in [2.45, 2.75) is 60.3 Å². The normalized spacial score (nSPS) is 11.1. The van der Waals surface area contributed by atoms with Crippen LogP contribution in [0.15, 0.2) is 12.1 Å². The molecule has 1 unspecified atom stereocenters. The van der Waals surface area contributed by atoms with Gasteiger partial charge in [0.25, 0.3) is 0 Å². The molecule has 0 aliphatic carbocycles. The van der Waals surface area contributed by atoms with Crippen LogP contribution in [0, 0.1) is 5.92 Å². The molecule has 5 nitrogen and oxygen atoms in total. The summed E-state index contributed by atoms with van der Waals surface area (Å²) >= 11 is 0. The van der Waals surface area contributed by atoms with Gasteiger partial charge in [0.2, 0.25) is 0 Å². The van der Waals surface area contributed by atoms with Crippen LogP contribution < -0.4 is 10.5 Å². The Morgan fingerprint density at radius 2 is 1.76 bits per heavy atom. The van der Waals surface area contributed by atoms with Crippen molar-refractivity contribution >= 4 is 23.0 Å². The van der Waals surface area contributed by atoms with E-state index in [9.17, 15) is 14.4 Å². The summed E-state index contributed by atoms with van der Waals surface area (Å²) in [7, 11) is 1.54. The maximum Gasteiger partial charge on any atom is 0.164 e. The summed E-state index contributed by atoms with van der Waals surface area (Å²) in [6, 6.07) is 3.32. The number of methoxy groups -OCH3 is 1. The van der Waals surface area contributed by atoms with Crippen LogP contribution >= 0.6 is 0 Å². The molecule has 0 fully saturated rings. The fourth-order valence-electron chi connectivity index (χ4n) is 2.62. The molecule has 5 heteroatoms. The smallest absolute Gasteiger partial charge is 0.164 e. The van der Waals surface area contributed by atoms with Crippen LogP contribution in [0.1, 0.15) is 69.8 Å². The molecule has 1 rings (SSSR count). The Labute approximate surface area is 150 Å². The van der Waals surface area contributed by atoms with Crippen molar-refractivity contribution in [1.82, 2.24) is 0 Å². The second-order valence-electron chi connectivity index (χ2n) is 5.78. The van der Waals surface area contributed by atoms with Crippen LogP contribution in [0.3, 0.4) is 0 Å². The zero-order valence-corrected chi connectivity index (χ0v) is 16.3. The van der Waals surface area contributed by atoms with Gasteiger partial charge >= 0.3 is 0 Å². The lowest BCUT2D eigenvalue weighted by atomic mass is 9.88. The monoisotopic (exact) mass is 349 g/mol. The van der Waals surface area contributed by atoms with Crippen molar-refractivity contribution in [2.24, 2.45) is 5.92 Å². The third kappa shape index (κ3) is 7.08. The van der Waals surface area contributed by atoms with Crippen molar-refractivity contribution in [3.8, 4) is 5.75 Å². The Morgan fingerprint density at radius 3 is 2.20 bits per heavy atom. The second-order valence-corrected chi connectivity index (χ2v) is 5.78. The Kier molecular flexibility index (Phi) is 10.4. The molecule has 0 aliphatic rings. The average Bonchev–Trinajstić information content (AvgIpc) is 2.58. The fourth-order valence-corrected chi connectivity index (χ4v) is 2.62. The highest BCUT2D eigenvalue weighted by molar-refractivity contribution is 6.01. The lowest BCUT2D eigenvalue weighted by Gasteiger charge is -2.16. The zero-order valence-electron chi connectivity index (χ0n) is 16.3. The maximum atomic E-state index is 12.7. The highest BCUT2D eigenvalue weighted by Crippen LogP contribution is 2.29. The number of hydrogen-bond acceptors (Lipinski definition) is 5. The van der Waals surface area contributed by atoms with Gasteiger partial charge in [0.15, 0.2) is 5.78 Å². The van der Waals surface area contributed by atoms with Crippen molar-refractivity contribution < 1.29 is 19.1 Å². The molecule has 1 aromatic rings. The minimum Gasteiger partial charge on any atom is -0.496 e. The van der Waals surface area contributed by atoms with Gasteiger partial charge < -0.3 is 15.3 Å². The average molecular weight is 349 g/mol. The van der Waals surface area contributed by atoms with Crippen molar-refractivity contribution in [1.29, 1.82) is 0 Å². The molecular formula is C20H31NO4. The number of Topliss-reactive ketones (excluding diaryl/α,β-unsaturated/α-hetero) is 3. The van der Waals surface area contributed by atoms with Crippen LogP contribution in [0.4, 0.5) is 5.69 Å². The van der Waals surface area contributed by atoms with E-state index in [1.165, 1.54) is 21.0 Å². The number of hydrogen-bond donors (Lipinski definition) is 1. The molecule has 0 saturated carbocycles. The summed E-state index contributed by atoms with van der Waals surface area (Å²) in [6.07, 6.45) is 1.42. The maximum absolute atomic E-state index is 12.7. The van der Waals surface area contributed by atoms with Gasteiger partial charge in [-0.2, -0.15) is 0 Å². The standard InChI is InChI=1S/C18H25NO4.C2H6/c1-5-15-16(9-14(19)10-18(15)23-4)17(22)8-13(12(3)21)7-6-11(2)20;1-2/h9-10,13H,5-8,19H2,1-4H3;1-2H3. The molecule has 1 aromatic carbocycles. The Balaban J connectivity index is 0.00000277. The van der Waals surface area contributed by atoms with E-state index in [0.717, 1.165) is 5.56 Å². The number of carbonyl (C=O) groups excluding carboxylic acids is 3. The number of carbonyl (C=O) groups is 3. The summed E-state index contributed by atoms with van der Waals surface area (Å²) in [6.45, 7) is 8.87. The molecule has 25 heavy (non-hydrogen) atoms. The molecule has 140 valence electrons. The van der Waals surface area contributed by atoms with E-state index in [-0.39, 0.29) is 23.8 Å². The third-order valence-corrected chi connectivity index (χ3v) is 3.96. The minimum absolute atomic E-state index is 0.0172. The topological polar surface area (TPSA) is 86.5 Å². The van der Waals surface area contributed by atoms with E-state index >= 15 is 0 Å². The number of benzene rings is 1. The molecule has 1 atom stereocenters. The fraction of sp³-hybridized carbons (Fsp3) is 0.550. The van der Waals surface area contributed by atoms with Gasteiger partial charge in [0, 0.05) is 41.6 Å². The number of nitrogen functional groups attached to an aromatic ring is 1. The summed E-state index contributed by atoms with van der Waals surface area (Å²) in [5.41, 5.74) is 7.58. The lowest BCUT2D eigenvalue weighted by molar-refractivity contribution is -0.121. The Morgan fingerprint density at radius 1 is 1.16 bits per heavy atom. The van der Waals surface area contributed by atoms with E-state index in [1.807, 2.05) is 20.8 Å². The number of ether oxygens (including phenoxy) is 1. The lowest BCUT2D eigenvalue weighted by Crippen LogP contribution is -2.18. The van der Waals surface area contributed by atoms with E-state index < -0.39 is 5.92 Å². The molecule has 0 spiro atoms. The SMILES string of the molecule is CC.CCc1c(OC)cc(N)cc1C(=O)CC(CCC(C)=O)C(C)=O. The summed E-state index contributed by atoms with van der Waals surface area (Å²) < 4.78 is 5.30. The largest absolute Gasteiger partial charge is 0.496 e.